The average molecular weight is 260 g/mol. The Labute approximate surface area is 113 Å². The molecule has 102 valence electrons. The summed E-state index contributed by atoms with van der Waals surface area (Å²) in [6.45, 7) is 7.99. The monoisotopic (exact) mass is 260 g/mol. The highest BCUT2D eigenvalue weighted by molar-refractivity contribution is 6.09. The van der Waals surface area contributed by atoms with Crippen LogP contribution in [0.4, 0.5) is 0 Å². The lowest BCUT2D eigenvalue weighted by atomic mass is 9.71. The molecular weight excluding hydrogens is 240 g/mol. The number of fused-ring (bicyclic) bond motifs is 3. The van der Waals surface area contributed by atoms with Crippen LogP contribution >= 0.6 is 0 Å². The van der Waals surface area contributed by atoms with E-state index in [1.54, 1.807) is 6.08 Å². The summed E-state index contributed by atoms with van der Waals surface area (Å²) in [6.07, 6.45) is 3.53. The average Bonchev–Trinajstić information content (AvgIpc) is 2.68. The van der Waals surface area contributed by atoms with Gasteiger partial charge in [0.05, 0.1) is 5.92 Å². The normalized spacial score (nSPS) is 41.7. The van der Waals surface area contributed by atoms with Crippen LogP contribution in [0.25, 0.3) is 0 Å². The minimum atomic E-state index is -0.545. The van der Waals surface area contributed by atoms with Crippen LogP contribution in [0.5, 0.6) is 0 Å². The minimum absolute atomic E-state index is 0.0404. The first kappa shape index (κ1) is 12.6. The van der Waals surface area contributed by atoms with Crippen molar-refractivity contribution in [3.63, 3.8) is 0 Å². The summed E-state index contributed by atoms with van der Waals surface area (Å²) in [5, 5.41) is 0. The van der Waals surface area contributed by atoms with Crippen molar-refractivity contribution in [3.8, 4) is 0 Å². The summed E-state index contributed by atoms with van der Waals surface area (Å²) in [5.41, 5.74) is 2.54. The second kappa shape index (κ2) is 3.81. The highest BCUT2D eigenvalue weighted by Gasteiger charge is 2.58. The van der Waals surface area contributed by atoms with E-state index in [2.05, 4.69) is 0 Å². The van der Waals surface area contributed by atoms with Gasteiger partial charge in [-0.15, -0.1) is 0 Å². The third-order valence-corrected chi connectivity index (χ3v) is 5.26. The van der Waals surface area contributed by atoms with Crippen LogP contribution in [0.3, 0.4) is 0 Å². The van der Waals surface area contributed by atoms with Crippen LogP contribution < -0.4 is 0 Å². The predicted molar refractivity (Wildman–Crippen MR) is 71.3 cm³/mol. The van der Waals surface area contributed by atoms with Crippen LogP contribution in [-0.2, 0) is 14.3 Å². The zero-order valence-electron chi connectivity index (χ0n) is 11.9. The van der Waals surface area contributed by atoms with Gasteiger partial charge >= 0.3 is 5.97 Å². The maximum absolute atomic E-state index is 12.2. The second-order valence-corrected chi connectivity index (χ2v) is 6.42. The van der Waals surface area contributed by atoms with Crippen molar-refractivity contribution in [1.82, 2.24) is 0 Å². The second-order valence-electron chi connectivity index (χ2n) is 6.42. The number of carbonyl (C=O) groups excluding carboxylic acids is 2. The lowest BCUT2D eigenvalue weighted by Gasteiger charge is -2.36. The fourth-order valence-electron chi connectivity index (χ4n) is 4.30. The summed E-state index contributed by atoms with van der Waals surface area (Å²) in [7, 11) is 0. The van der Waals surface area contributed by atoms with E-state index in [0.717, 1.165) is 24.0 Å². The highest BCUT2D eigenvalue weighted by atomic mass is 16.6. The van der Waals surface area contributed by atoms with Crippen molar-refractivity contribution >= 4 is 11.8 Å². The third kappa shape index (κ3) is 1.50. The van der Waals surface area contributed by atoms with Crippen molar-refractivity contribution in [1.29, 1.82) is 0 Å². The largest absolute Gasteiger partial charge is 0.458 e. The highest BCUT2D eigenvalue weighted by Crippen LogP contribution is 2.54. The Morgan fingerprint density at radius 2 is 2.00 bits per heavy atom. The Kier molecular flexibility index (Phi) is 2.54. The number of allylic oxidation sites excluding steroid dienone is 2. The molecule has 3 aliphatic rings. The van der Waals surface area contributed by atoms with Gasteiger partial charge < -0.3 is 4.74 Å². The van der Waals surface area contributed by atoms with Crippen LogP contribution in [0.15, 0.2) is 22.8 Å². The molecule has 0 radical (unpaired) electrons. The quantitative estimate of drug-likeness (QED) is 0.629. The van der Waals surface area contributed by atoms with E-state index in [9.17, 15) is 9.59 Å². The summed E-state index contributed by atoms with van der Waals surface area (Å²) >= 11 is 0. The number of rotatable bonds is 0. The number of hydrogen-bond donors (Lipinski definition) is 0. The van der Waals surface area contributed by atoms with Crippen molar-refractivity contribution < 1.29 is 14.3 Å². The number of esters is 1. The molecule has 0 bridgehead atoms. The van der Waals surface area contributed by atoms with Gasteiger partial charge in [0, 0.05) is 17.4 Å². The summed E-state index contributed by atoms with van der Waals surface area (Å²) < 4.78 is 5.76. The van der Waals surface area contributed by atoms with E-state index in [1.165, 1.54) is 5.57 Å². The van der Waals surface area contributed by atoms with Gasteiger partial charge in [-0.1, -0.05) is 18.1 Å². The van der Waals surface area contributed by atoms with E-state index in [-0.39, 0.29) is 29.5 Å². The topological polar surface area (TPSA) is 43.4 Å². The molecule has 3 heteroatoms. The van der Waals surface area contributed by atoms with Crippen LogP contribution in [0, 0.1) is 17.8 Å². The first-order chi connectivity index (χ1) is 8.86. The Balaban J connectivity index is 2.16. The smallest absolute Gasteiger partial charge is 0.309 e. The molecule has 0 aromatic rings. The molecule has 0 spiro atoms. The van der Waals surface area contributed by atoms with Crippen molar-refractivity contribution in [2.75, 3.05) is 0 Å². The minimum Gasteiger partial charge on any atom is -0.458 e. The maximum Gasteiger partial charge on any atom is 0.309 e. The van der Waals surface area contributed by atoms with Crippen LogP contribution in [0.2, 0.25) is 0 Å². The molecule has 0 N–H and O–H groups in total. The molecule has 0 unspecified atom stereocenters. The van der Waals surface area contributed by atoms with Gasteiger partial charge in [-0.3, -0.25) is 9.59 Å². The number of ether oxygens (including phenoxy) is 1. The summed E-state index contributed by atoms with van der Waals surface area (Å²) in [6, 6.07) is 0. The molecule has 2 aliphatic carbocycles. The Hall–Kier alpha value is -1.38. The Morgan fingerprint density at radius 3 is 2.68 bits per heavy atom. The van der Waals surface area contributed by atoms with E-state index >= 15 is 0 Å². The molecule has 1 heterocycles. The molecule has 0 aromatic carbocycles. The molecule has 3 nitrogen and oxygen atoms in total. The molecule has 0 amide bonds. The van der Waals surface area contributed by atoms with Gasteiger partial charge in [-0.25, -0.2) is 0 Å². The fraction of sp³-hybridized carbons (Fsp3) is 0.625. The Bertz CT molecular complexity index is 540. The molecule has 19 heavy (non-hydrogen) atoms. The molecule has 3 rings (SSSR count). The maximum atomic E-state index is 12.2. The van der Waals surface area contributed by atoms with Gasteiger partial charge in [-0.05, 0) is 39.7 Å². The lowest BCUT2D eigenvalue weighted by molar-refractivity contribution is -0.152. The number of carbonyl (C=O) groups is 2. The zero-order valence-corrected chi connectivity index (χ0v) is 11.9. The van der Waals surface area contributed by atoms with Gasteiger partial charge in [0.1, 0.15) is 5.60 Å². The van der Waals surface area contributed by atoms with Crippen molar-refractivity contribution in [2.45, 2.75) is 46.1 Å². The molecule has 0 saturated carbocycles. The van der Waals surface area contributed by atoms with Gasteiger partial charge in [0.2, 0.25) is 0 Å². The molecule has 4 atom stereocenters. The van der Waals surface area contributed by atoms with Crippen molar-refractivity contribution in [3.05, 3.63) is 22.8 Å². The number of hydrogen-bond acceptors (Lipinski definition) is 3. The lowest BCUT2D eigenvalue weighted by Crippen LogP contribution is -2.41. The third-order valence-electron chi connectivity index (χ3n) is 5.26. The molecule has 0 aromatic heterocycles. The molecular formula is C16H20O3. The van der Waals surface area contributed by atoms with Crippen LogP contribution in [-0.4, -0.2) is 17.4 Å². The van der Waals surface area contributed by atoms with Gasteiger partial charge in [0.25, 0.3) is 0 Å². The first-order valence-electron chi connectivity index (χ1n) is 7.01. The molecule has 1 fully saturated rings. The first-order valence-corrected chi connectivity index (χ1v) is 7.01. The standard InChI is InChI=1S/C16H20O3/c1-8-5-6-11-10(3)15(18)19-16(11,4)14-9(2)7-12(17)13(8)14/h7,10-11,14H,5-6H2,1-4H3/t10-,11+,14+,16+/m1/s1. The summed E-state index contributed by atoms with van der Waals surface area (Å²) in [4.78, 5) is 24.2. The summed E-state index contributed by atoms with van der Waals surface area (Å²) in [5.74, 6) is 0.0878. The van der Waals surface area contributed by atoms with Crippen LogP contribution in [0.1, 0.15) is 40.5 Å². The van der Waals surface area contributed by atoms with E-state index in [0.29, 0.717) is 0 Å². The van der Waals surface area contributed by atoms with Gasteiger partial charge in [0.15, 0.2) is 5.78 Å². The number of ketones is 1. The fourth-order valence-corrected chi connectivity index (χ4v) is 4.30. The SMILES string of the molecule is CC1=CC(=O)C2=C(C)CC[C@H]3[C@@H](C)C(=O)O[C@]3(C)[C@@H]12. The zero-order chi connectivity index (χ0) is 13.9. The van der Waals surface area contributed by atoms with E-state index in [4.69, 9.17) is 4.74 Å². The van der Waals surface area contributed by atoms with Crippen molar-refractivity contribution in [2.24, 2.45) is 17.8 Å². The van der Waals surface area contributed by atoms with E-state index < -0.39 is 5.60 Å². The molecule has 1 saturated heterocycles. The predicted octanol–water partition coefficient (Wildman–Crippen LogP) is 2.81. The Morgan fingerprint density at radius 1 is 1.32 bits per heavy atom. The molecule has 1 aliphatic heterocycles. The van der Waals surface area contributed by atoms with E-state index in [1.807, 2.05) is 27.7 Å². The van der Waals surface area contributed by atoms with Gasteiger partial charge in [-0.2, -0.15) is 0 Å².